The van der Waals surface area contributed by atoms with E-state index < -0.39 is 5.97 Å². The lowest BCUT2D eigenvalue weighted by molar-refractivity contribution is -0.142. The van der Waals surface area contributed by atoms with Crippen molar-refractivity contribution >= 4 is 5.97 Å². The molecule has 0 spiro atoms. The van der Waals surface area contributed by atoms with Crippen molar-refractivity contribution in [1.82, 2.24) is 0 Å². The first-order chi connectivity index (χ1) is 7.17. The summed E-state index contributed by atoms with van der Waals surface area (Å²) in [5.41, 5.74) is 0. The van der Waals surface area contributed by atoms with Crippen LogP contribution in [-0.4, -0.2) is 31.9 Å². The average molecular weight is 212 g/mol. The molecular weight excluding hydrogens is 200 g/mol. The summed E-state index contributed by atoms with van der Waals surface area (Å²) in [6, 6.07) is 4.35. The summed E-state index contributed by atoms with van der Waals surface area (Å²) in [6.45, 7) is -0.197. The Hall–Kier alpha value is -1.91. The Morgan fingerprint density at radius 1 is 1.33 bits per heavy atom. The average Bonchev–Trinajstić information content (AvgIpc) is 2.26. The van der Waals surface area contributed by atoms with Crippen LogP contribution >= 0.6 is 0 Å². The monoisotopic (exact) mass is 212 g/mol. The van der Waals surface area contributed by atoms with Crippen molar-refractivity contribution < 1.29 is 24.1 Å². The van der Waals surface area contributed by atoms with Gasteiger partial charge < -0.3 is 19.3 Å². The summed E-state index contributed by atoms with van der Waals surface area (Å²) >= 11 is 0. The number of esters is 1. The fourth-order valence-corrected chi connectivity index (χ4v) is 0.971. The Morgan fingerprint density at radius 3 is 2.67 bits per heavy atom. The molecule has 0 saturated carbocycles. The van der Waals surface area contributed by atoms with E-state index in [9.17, 15) is 4.79 Å². The number of benzene rings is 1. The molecule has 0 atom stereocenters. The number of phenolic OH excluding ortho intramolecular Hbond substituents is 1. The van der Waals surface area contributed by atoms with Crippen molar-refractivity contribution in [1.29, 1.82) is 0 Å². The van der Waals surface area contributed by atoms with Gasteiger partial charge in [-0.1, -0.05) is 0 Å². The molecule has 0 aliphatic heterocycles. The van der Waals surface area contributed by atoms with Crippen LogP contribution in [-0.2, 0) is 9.53 Å². The molecular formula is C10H12O5. The predicted octanol–water partition coefficient (Wildman–Crippen LogP) is 0.953. The van der Waals surface area contributed by atoms with Gasteiger partial charge in [0.2, 0.25) is 0 Å². The summed E-state index contributed by atoms with van der Waals surface area (Å²) < 4.78 is 14.5. The lowest BCUT2D eigenvalue weighted by Crippen LogP contribution is -2.12. The summed E-state index contributed by atoms with van der Waals surface area (Å²) in [5, 5.41) is 9.17. The van der Waals surface area contributed by atoms with E-state index in [4.69, 9.17) is 14.6 Å². The van der Waals surface area contributed by atoms with Gasteiger partial charge in [-0.25, -0.2) is 4.79 Å². The van der Waals surface area contributed by atoms with Crippen LogP contribution in [0.4, 0.5) is 0 Å². The SMILES string of the molecule is COC(=O)COc1ccc(O)cc1OC. The molecule has 82 valence electrons. The number of carbonyl (C=O) groups excluding carboxylic acids is 1. The molecule has 0 radical (unpaired) electrons. The fourth-order valence-electron chi connectivity index (χ4n) is 0.971. The first kappa shape index (κ1) is 11.2. The number of methoxy groups -OCH3 is 2. The number of hydrogen-bond acceptors (Lipinski definition) is 5. The predicted molar refractivity (Wildman–Crippen MR) is 52.2 cm³/mol. The molecule has 0 aliphatic rings. The summed E-state index contributed by atoms with van der Waals surface area (Å²) in [4.78, 5) is 10.8. The van der Waals surface area contributed by atoms with E-state index >= 15 is 0 Å². The van der Waals surface area contributed by atoms with Gasteiger partial charge in [0, 0.05) is 6.07 Å². The second-order valence-electron chi connectivity index (χ2n) is 2.70. The van der Waals surface area contributed by atoms with Gasteiger partial charge >= 0.3 is 5.97 Å². The number of aromatic hydroxyl groups is 1. The van der Waals surface area contributed by atoms with Crippen molar-refractivity contribution in [2.75, 3.05) is 20.8 Å². The van der Waals surface area contributed by atoms with Crippen LogP contribution in [0.1, 0.15) is 0 Å². The third kappa shape index (κ3) is 3.05. The van der Waals surface area contributed by atoms with E-state index in [1.54, 1.807) is 0 Å². The van der Waals surface area contributed by atoms with Crippen molar-refractivity contribution in [3.63, 3.8) is 0 Å². The maximum Gasteiger partial charge on any atom is 0.343 e. The zero-order valence-electron chi connectivity index (χ0n) is 8.52. The maximum absolute atomic E-state index is 10.8. The summed E-state index contributed by atoms with van der Waals surface area (Å²) in [6.07, 6.45) is 0. The van der Waals surface area contributed by atoms with Crippen LogP contribution in [0.15, 0.2) is 18.2 Å². The highest BCUT2D eigenvalue weighted by molar-refractivity contribution is 5.71. The first-order valence-corrected chi connectivity index (χ1v) is 4.24. The smallest absolute Gasteiger partial charge is 0.343 e. The highest BCUT2D eigenvalue weighted by Gasteiger charge is 2.07. The molecule has 1 aromatic rings. The molecule has 1 aromatic carbocycles. The lowest BCUT2D eigenvalue weighted by atomic mass is 10.3. The molecule has 0 aliphatic carbocycles. The lowest BCUT2D eigenvalue weighted by Gasteiger charge is -2.09. The minimum absolute atomic E-state index is 0.0669. The molecule has 5 nitrogen and oxygen atoms in total. The second kappa shape index (κ2) is 5.09. The van der Waals surface area contributed by atoms with Gasteiger partial charge in [-0.05, 0) is 12.1 Å². The number of ether oxygens (including phenoxy) is 3. The Labute approximate surface area is 87.2 Å². The van der Waals surface area contributed by atoms with Gasteiger partial charge in [0.15, 0.2) is 18.1 Å². The van der Waals surface area contributed by atoms with E-state index in [-0.39, 0.29) is 12.4 Å². The number of carbonyl (C=O) groups is 1. The van der Waals surface area contributed by atoms with Gasteiger partial charge in [0.25, 0.3) is 0 Å². The molecule has 0 heterocycles. The Morgan fingerprint density at radius 2 is 2.07 bits per heavy atom. The zero-order valence-corrected chi connectivity index (χ0v) is 8.52. The highest BCUT2D eigenvalue weighted by atomic mass is 16.6. The third-order valence-electron chi connectivity index (χ3n) is 1.72. The molecule has 5 heteroatoms. The molecule has 1 N–H and O–H groups in total. The first-order valence-electron chi connectivity index (χ1n) is 4.24. The van der Waals surface area contributed by atoms with Crippen LogP contribution in [0.2, 0.25) is 0 Å². The molecule has 15 heavy (non-hydrogen) atoms. The van der Waals surface area contributed by atoms with Crippen molar-refractivity contribution in [2.45, 2.75) is 0 Å². The van der Waals surface area contributed by atoms with Crippen LogP contribution < -0.4 is 9.47 Å². The molecule has 0 fully saturated rings. The van der Waals surface area contributed by atoms with Gasteiger partial charge in [0.1, 0.15) is 5.75 Å². The second-order valence-corrected chi connectivity index (χ2v) is 2.70. The quantitative estimate of drug-likeness (QED) is 0.753. The number of phenols is 1. The van der Waals surface area contributed by atoms with Gasteiger partial charge in [-0.15, -0.1) is 0 Å². The van der Waals surface area contributed by atoms with E-state index in [1.807, 2.05) is 0 Å². The number of rotatable bonds is 4. The molecule has 0 aromatic heterocycles. The van der Waals surface area contributed by atoms with Crippen molar-refractivity contribution in [3.05, 3.63) is 18.2 Å². The zero-order chi connectivity index (χ0) is 11.3. The van der Waals surface area contributed by atoms with Crippen molar-refractivity contribution in [2.24, 2.45) is 0 Å². The van der Waals surface area contributed by atoms with Crippen LogP contribution in [0.3, 0.4) is 0 Å². The Balaban J connectivity index is 2.72. The van der Waals surface area contributed by atoms with Gasteiger partial charge in [-0.3, -0.25) is 0 Å². The Bertz CT molecular complexity index is 348. The highest BCUT2D eigenvalue weighted by Crippen LogP contribution is 2.30. The van der Waals surface area contributed by atoms with Crippen LogP contribution in [0.5, 0.6) is 17.2 Å². The Kier molecular flexibility index (Phi) is 3.79. The molecule has 0 amide bonds. The molecule has 1 rings (SSSR count). The summed E-state index contributed by atoms with van der Waals surface area (Å²) in [7, 11) is 2.72. The van der Waals surface area contributed by atoms with Gasteiger partial charge in [0.05, 0.1) is 14.2 Å². The fraction of sp³-hybridized carbons (Fsp3) is 0.300. The molecule has 0 unspecified atom stereocenters. The minimum Gasteiger partial charge on any atom is -0.508 e. The van der Waals surface area contributed by atoms with Crippen LogP contribution in [0.25, 0.3) is 0 Å². The van der Waals surface area contributed by atoms with Crippen molar-refractivity contribution in [3.8, 4) is 17.2 Å². The molecule has 0 bridgehead atoms. The standard InChI is InChI=1S/C10H12O5/c1-13-9-5-7(11)3-4-8(9)15-6-10(12)14-2/h3-5,11H,6H2,1-2H3. The van der Waals surface area contributed by atoms with Gasteiger partial charge in [-0.2, -0.15) is 0 Å². The topological polar surface area (TPSA) is 65.0 Å². The third-order valence-corrected chi connectivity index (χ3v) is 1.72. The van der Waals surface area contributed by atoms with E-state index in [0.29, 0.717) is 11.5 Å². The maximum atomic E-state index is 10.8. The number of hydrogen-bond donors (Lipinski definition) is 1. The summed E-state index contributed by atoms with van der Waals surface area (Å²) in [5.74, 6) is 0.321. The minimum atomic E-state index is -0.481. The van der Waals surface area contributed by atoms with E-state index in [0.717, 1.165) is 0 Å². The van der Waals surface area contributed by atoms with E-state index in [1.165, 1.54) is 32.4 Å². The van der Waals surface area contributed by atoms with E-state index in [2.05, 4.69) is 4.74 Å². The van der Waals surface area contributed by atoms with Crippen LogP contribution in [0, 0.1) is 0 Å². The molecule has 0 saturated heterocycles. The largest absolute Gasteiger partial charge is 0.508 e. The normalized spacial score (nSPS) is 9.47.